The van der Waals surface area contributed by atoms with E-state index in [4.69, 9.17) is 5.73 Å². The molecule has 0 unspecified atom stereocenters. The molecule has 0 aliphatic heterocycles. The highest BCUT2D eigenvalue weighted by molar-refractivity contribution is 5.90. The van der Waals surface area contributed by atoms with Gasteiger partial charge in [-0.05, 0) is 31.2 Å². The minimum atomic E-state index is -4.41. The Morgan fingerprint density at radius 2 is 2.09 bits per heavy atom. The van der Waals surface area contributed by atoms with Crippen molar-refractivity contribution in [3.63, 3.8) is 0 Å². The first-order valence-electron chi connectivity index (χ1n) is 6.62. The van der Waals surface area contributed by atoms with Crippen molar-refractivity contribution in [2.45, 2.75) is 19.0 Å². The molecule has 1 amide bonds. The van der Waals surface area contributed by atoms with Crippen molar-refractivity contribution in [1.29, 1.82) is 0 Å². The van der Waals surface area contributed by atoms with Gasteiger partial charge in [-0.1, -0.05) is 6.07 Å². The predicted molar refractivity (Wildman–Crippen MR) is 82.7 cm³/mol. The van der Waals surface area contributed by atoms with Crippen LogP contribution in [0.3, 0.4) is 0 Å². The number of nitrogens with zero attached hydrogens (tertiary/aromatic N) is 2. The number of benzene rings is 1. The third kappa shape index (κ3) is 5.26. The quantitative estimate of drug-likeness (QED) is 0.872. The van der Waals surface area contributed by atoms with Crippen LogP contribution < -0.4 is 11.1 Å². The molecule has 23 heavy (non-hydrogen) atoms. The molecule has 0 aliphatic rings. The largest absolute Gasteiger partial charge is 0.416 e. The molecule has 5 nitrogen and oxygen atoms in total. The first-order chi connectivity index (χ1) is 10.4. The smallest absolute Gasteiger partial charge is 0.330 e. The molecule has 3 N–H and O–H groups in total. The van der Waals surface area contributed by atoms with E-state index in [1.54, 1.807) is 0 Å². The van der Waals surface area contributed by atoms with Crippen molar-refractivity contribution in [1.82, 2.24) is 9.78 Å². The number of hydrogen-bond donors (Lipinski definition) is 2. The summed E-state index contributed by atoms with van der Waals surface area (Å²) >= 11 is 0. The lowest BCUT2D eigenvalue weighted by atomic mass is 10.2. The zero-order chi connectivity index (χ0) is 16.2. The predicted octanol–water partition coefficient (Wildman–Crippen LogP) is 2.99. The summed E-state index contributed by atoms with van der Waals surface area (Å²) in [6, 6.07) is 4.79. The topological polar surface area (TPSA) is 72.9 Å². The third-order valence-electron chi connectivity index (χ3n) is 2.91. The van der Waals surface area contributed by atoms with Gasteiger partial charge >= 0.3 is 6.18 Å². The lowest BCUT2D eigenvalue weighted by molar-refractivity contribution is -0.137. The molecule has 1 aromatic carbocycles. The van der Waals surface area contributed by atoms with Crippen LogP contribution in [0.15, 0.2) is 36.7 Å². The Kier molecular flexibility index (Phi) is 6.59. The fourth-order valence-corrected chi connectivity index (χ4v) is 1.84. The van der Waals surface area contributed by atoms with E-state index < -0.39 is 11.7 Å². The van der Waals surface area contributed by atoms with Crippen LogP contribution in [0.4, 0.5) is 18.9 Å². The van der Waals surface area contributed by atoms with Gasteiger partial charge in [0.15, 0.2) is 0 Å². The Morgan fingerprint density at radius 3 is 2.74 bits per heavy atom. The fourth-order valence-electron chi connectivity index (χ4n) is 1.84. The molecule has 126 valence electrons. The number of nitrogens with one attached hydrogen (secondary N) is 1. The van der Waals surface area contributed by atoms with Crippen LogP contribution in [0.2, 0.25) is 0 Å². The molecular formula is C14H16ClF3N4O. The van der Waals surface area contributed by atoms with Crippen molar-refractivity contribution >= 4 is 24.0 Å². The summed E-state index contributed by atoms with van der Waals surface area (Å²) in [6.07, 6.45) is -0.738. The Balaban J connectivity index is 0.00000264. The van der Waals surface area contributed by atoms with Gasteiger partial charge < -0.3 is 11.1 Å². The maximum absolute atomic E-state index is 12.7. The fraction of sp³-hybridized carbons (Fsp3) is 0.286. The molecule has 0 bridgehead atoms. The molecule has 1 heterocycles. The first-order valence-corrected chi connectivity index (χ1v) is 6.62. The van der Waals surface area contributed by atoms with Crippen LogP contribution in [0.5, 0.6) is 0 Å². The van der Waals surface area contributed by atoms with E-state index in [1.165, 1.54) is 29.2 Å². The highest BCUT2D eigenvalue weighted by Gasteiger charge is 2.30. The summed E-state index contributed by atoms with van der Waals surface area (Å²) in [7, 11) is 0. The van der Waals surface area contributed by atoms with E-state index in [-0.39, 0.29) is 30.4 Å². The maximum atomic E-state index is 12.7. The molecule has 0 fully saturated rings. The summed E-state index contributed by atoms with van der Waals surface area (Å²) < 4.78 is 39.3. The Bertz CT molecular complexity index is 657. The molecule has 0 saturated carbocycles. The number of aromatic nitrogens is 2. The summed E-state index contributed by atoms with van der Waals surface area (Å²) in [5.74, 6) is -0.214. The Labute approximate surface area is 137 Å². The molecule has 0 spiro atoms. The molecule has 0 radical (unpaired) electrons. The summed E-state index contributed by atoms with van der Waals surface area (Å²) in [5, 5.41) is 6.56. The van der Waals surface area contributed by atoms with Gasteiger partial charge in [0, 0.05) is 6.42 Å². The Morgan fingerprint density at radius 1 is 1.35 bits per heavy atom. The average Bonchev–Trinajstić information content (AvgIpc) is 2.93. The second-order valence-electron chi connectivity index (χ2n) is 4.66. The number of anilines is 1. The van der Waals surface area contributed by atoms with Gasteiger partial charge in [0.05, 0.1) is 29.3 Å². The number of alkyl halides is 3. The normalized spacial score (nSPS) is 11.0. The van der Waals surface area contributed by atoms with Crippen LogP contribution >= 0.6 is 12.4 Å². The van der Waals surface area contributed by atoms with Gasteiger partial charge in [-0.25, -0.2) is 4.68 Å². The number of carbonyl (C=O) groups excluding carboxylic acids is 1. The van der Waals surface area contributed by atoms with E-state index in [9.17, 15) is 18.0 Å². The zero-order valence-corrected chi connectivity index (χ0v) is 12.8. The minimum absolute atomic E-state index is 0. The van der Waals surface area contributed by atoms with Crippen molar-refractivity contribution in [2.24, 2.45) is 5.73 Å². The molecule has 2 aromatic rings. The first kappa shape index (κ1) is 19.0. The number of hydrogen-bond acceptors (Lipinski definition) is 3. The third-order valence-corrected chi connectivity index (χ3v) is 2.91. The number of rotatable bonds is 5. The standard InChI is InChI=1S/C14H15F3N4O.ClH/c15-14(16,17)10-3-1-4-12(7-10)21-9-11(8-19-21)20-13(22)5-2-6-18;/h1,3-4,7-9H,2,5-6,18H2,(H,20,22);1H. The van der Waals surface area contributed by atoms with Crippen LogP contribution in [-0.4, -0.2) is 22.2 Å². The van der Waals surface area contributed by atoms with Crippen LogP contribution in [0.1, 0.15) is 18.4 Å². The van der Waals surface area contributed by atoms with E-state index in [0.29, 0.717) is 18.7 Å². The van der Waals surface area contributed by atoms with Gasteiger partial charge in [-0.15, -0.1) is 12.4 Å². The number of nitrogens with two attached hydrogens (primary N) is 1. The van der Waals surface area contributed by atoms with Crippen LogP contribution in [0, 0.1) is 0 Å². The second-order valence-corrected chi connectivity index (χ2v) is 4.66. The lowest BCUT2D eigenvalue weighted by Crippen LogP contribution is -2.12. The summed E-state index contributed by atoms with van der Waals surface area (Å²) in [5.41, 5.74) is 5.23. The summed E-state index contributed by atoms with van der Waals surface area (Å²) in [6.45, 7) is 0.414. The van der Waals surface area contributed by atoms with Crippen LogP contribution in [0.25, 0.3) is 5.69 Å². The average molecular weight is 349 g/mol. The second kappa shape index (κ2) is 7.98. The minimum Gasteiger partial charge on any atom is -0.330 e. The van der Waals surface area contributed by atoms with Crippen molar-refractivity contribution in [2.75, 3.05) is 11.9 Å². The monoisotopic (exact) mass is 348 g/mol. The maximum Gasteiger partial charge on any atom is 0.416 e. The van der Waals surface area contributed by atoms with Gasteiger partial charge in [0.1, 0.15) is 0 Å². The van der Waals surface area contributed by atoms with E-state index in [0.717, 1.165) is 12.1 Å². The van der Waals surface area contributed by atoms with Gasteiger partial charge in [-0.2, -0.15) is 18.3 Å². The van der Waals surface area contributed by atoms with E-state index in [1.807, 2.05) is 0 Å². The van der Waals surface area contributed by atoms with Gasteiger partial charge in [0.2, 0.25) is 5.91 Å². The Hall–Kier alpha value is -2.06. The number of amides is 1. The van der Waals surface area contributed by atoms with E-state index >= 15 is 0 Å². The number of carbonyl (C=O) groups is 1. The van der Waals surface area contributed by atoms with Crippen LogP contribution in [-0.2, 0) is 11.0 Å². The molecule has 0 atom stereocenters. The highest BCUT2D eigenvalue weighted by atomic mass is 35.5. The SMILES string of the molecule is Cl.NCCCC(=O)Nc1cnn(-c2cccc(C(F)(F)F)c2)c1. The van der Waals surface area contributed by atoms with Crippen molar-refractivity contribution in [3.8, 4) is 5.69 Å². The molecule has 2 rings (SSSR count). The van der Waals surface area contributed by atoms with Gasteiger partial charge in [0.25, 0.3) is 0 Å². The van der Waals surface area contributed by atoms with Crippen molar-refractivity contribution < 1.29 is 18.0 Å². The number of halogens is 4. The molecule has 0 saturated heterocycles. The highest BCUT2D eigenvalue weighted by Crippen LogP contribution is 2.30. The summed E-state index contributed by atoms with van der Waals surface area (Å²) in [4.78, 5) is 11.6. The molecule has 9 heteroatoms. The molecular weight excluding hydrogens is 333 g/mol. The van der Waals surface area contributed by atoms with Crippen molar-refractivity contribution in [3.05, 3.63) is 42.2 Å². The van der Waals surface area contributed by atoms with Gasteiger partial charge in [-0.3, -0.25) is 4.79 Å². The lowest BCUT2D eigenvalue weighted by Gasteiger charge is -2.08. The zero-order valence-electron chi connectivity index (χ0n) is 12.0. The van der Waals surface area contributed by atoms with E-state index in [2.05, 4.69) is 10.4 Å². The molecule has 1 aromatic heterocycles. The molecule has 0 aliphatic carbocycles.